The molecule has 0 radical (unpaired) electrons. The van der Waals surface area contributed by atoms with Crippen molar-refractivity contribution < 1.29 is 9.18 Å². The Labute approximate surface area is 131 Å². The van der Waals surface area contributed by atoms with E-state index in [1.54, 1.807) is 36.4 Å². The zero-order chi connectivity index (χ0) is 15.1. The number of anilines is 1. The lowest BCUT2D eigenvalue weighted by Gasteiger charge is -2.45. The minimum atomic E-state index is -0.767. The molecular weight excluding hydrogens is 314 g/mol. The highest BCUT2D eigenvalue weighted by molar-refractivity contribution is 6.42. The average Bonchev–Trinajstić information content (AvgIpc) is 2.48. The van der Waals surface area contributed by atoms with Gasteiger partial charge in [0.05, 0.1) is 16.1 Å². The van der Waals surface area contributed by atoms with E-state index in [1.807, 2.05) is 0 Å². The molecule has 2 aromatic rings. The number of carbonyl (C=O) groups excluding carboxylic acids is 1. The minimum absolute atomic E-state index is 0.276. The molecule has 108 valence electrons. The van der Waals surface area contributed by atoms with Gasteiger partial charge < -0.3 is 10.6 Å². The van der Waals surface area contributed by atoms with E-state index in [-0.39, 0.29) is 5.91 Å². The molecule has 0 spiro atoms. The van der Waals surface area contributed by atoms with Crippen molar-refractivity contribution in [2.45, 2.75) is 12.1 Å². The van der Waals surface area contributed by atoms with E-state index in [2.05, 4.69) is 0 Å². The number of nitrogens with two attached hydrogens (primary N) is 1. The lowest BCUT2D eigenvalue weighted by molar-refractivity contribution is -0.126. The number of nitrogens with zero attached hydrogens (tertiary/aromatic N) is 1. The Bertz CT molecular complexity index is 723. The number of hydrogen-bond acceptors (Lipinski definition) is 2. The topological polar surface area (TPSA) is 46.3 Å². The van der Waals surface area contributed by atoms with Crippen LogP contribution in [-0.2, 0) is 4.79 Å². The highest BCUT2D eigenvalue weighted by Gasteiger charge is 2.47. The van der Waals surface area contributed by atoms with Gasteiger partial charge in [0, 0.05) is 11.3 Å². The molecule has 6 heteroatoms. The fraction of sp³-hybridized carbons (Fsp3) is 0.133. The molecule has 2 aromatic carbocycles. The summed E-state index contributed by atoms with van der Waals surface area (Å²) in [5.74, 6) is -0.669. The lowest BCUT2D eigenvalue weighted by Crippen LogP contribution is -2.63. The average molecular weight is 325 g/mol. The number of amides is 1. The van der Waals surface area contributed by atoms with E-state index in [0.717, 1.165) is 0 Å². The molecule has 0 bridgehead atoms. The van der Waals surface area contributed by atoms with Crippen molar-refractivity contribution >= 4 is 34.8 Å². The summed E-state index contributed by atoms with van der Waals surface area (Å²) in [6.45, 7) is 0. The van der Waals surface area contributed by atoms with E-state index < -0.39 is 17.9 Å². The third kappa shape index (κ3) is 2.29. The minimum Gasteiger partial charge on any atom is -0.318 e. The summed E-state index contributed by atoms with van der Waals surface area (Å²) in [7, 11) is 0. The predicted octanol–water partition coefficient (Wildman–Crippen LogP) is 3.55. The smallest absolute Gasteiger partial charge is 0.247 e. The number of carbonyl (C=O) groups is 1. The first kappa shape index (κ1) is 14.3. The third-order valence-electron chi connectivity index (χ3n) is 3.55. The van der Waals surface area contributed by atoms with Crippen LogP contribution in [0.5, 0.6) is 0 Å². The molecule has 0 unspecified atom stereocenters. The zero-order valence-corrected chi connectivity index (χ0v) is 12.3. The first-order valence-electron chi connectivity index (χ1n) is 6.29. The Hall–Kier alpha value is -1.62. The highest BCUT2D eigenvalue weighted by Crippen LogP contribution is 2.40. The van der Waals surface area contributed by atoms with Crippen molar-refractivity contribution in [2.75, 3.05) is 4.90 Å². The van der Waals surface area contributed by atoms with Crippen LogP contribution in [0, 0.1) is 5.82 Å². The Morgan fingerprint density at radius 3 is 2.48 bits per heavy atom. The number of hydrogen-bond donors (Lipinski definition) is 1. The number of halogens is 3. The van der Waals surface area contributed by atoms with E-state index in [9.17, 15) is 9.18 Å². The molecule has 1 aliphatic rings. The summed E-state index contributed by atoms with van der Waals surface area (Å²) in [5, 5.41) is 0.717. The number of β-lactam (4-membered cyclic amide) rings is 1. The predicted molar refractivity (Wildman–Crippen MR) is 81.1 cm³/mol. The van der Waals surface area contributed by atoms with Crippen LogP contribution < -0.4 is 10.6 Å². The van der Waals surface area contributed by atoms with Crippen LogP contribution in [0.4, 0.5) is 10.1 Å². The van der Waals surface area contributed by atoms with E-state index in [1.165, 1.54) is 11.0 Å². The maximum Gasteiger partial charge on any atom is 0.247 e. The van der Waals surface area contributed by atoms with Crippen molar-refractivity contribution in [3.05, 3.63) is 63.9 Å². The van der Waals surface area contributed by atoms with Crippen LogP contribution in [0.1, 0.15) is 11.6 Å². The van der Waals surface area contributed by atoms with Crippen molar-refractivity contribution in [3.8, 4) is 0 Å². The van der Waals surface area contributed by atoms with Crippen LogP contribution in [-0.4, -0.2) is 11.9 Å². The third-order valence-corrected chi connectivity index (χ3v) is 4.29. The van der Waals surface area contributed by atoms with Gasteiger partial charge in [0.1, 0.15) is 11.9 Å². The molecule has 1 aliphatic heterocycles. The first-order chi connectivity index (χ1) is 10.0. The van der Waals surface area contributed by atoms with E-state index in [0.29, 0.717) is 21.3 Å². The number of rotatable bonds is 2. The standard InChI is InChI=1S/C15H11Cl2FN2O/c16-10-6-5-8(7-11(10)17)20-14(13(19)15(20)21)9-3-1-2-4-12(9)18/h1-7,13-14H,19H2/t13-,14-/m1/s1. The van der Waals surface area contributed by atoms with E-state index in [4.69, 9.17) is 28.9 Å². The van der Waals surface area contributed by atoms with E-state index >= 15 is 0 Å². The van der Waals surface area contributed by atoms with Crippen LogP contribution in [0.25, 0.3) is 0 Å². The fourth-order valence-corrected chi connectivity index (χ4v) is 2.77. The summed E-state index contributed by atoms with van der Waals surface area (Å²) in [5.41, 5.74) is 6.78. The molecule has 0 aromatic heterocycles. The summed E-state index contributed by atoms with van der Waals surface area (Å²) < 4.78 is 14.0. The summed E-state index contributed by atoms with van der Waals surface area (Å²) in [4.78, 5) is 13.5. The molecule has 1 fully saturated rings. The van der Waals surface area contributed by atoms with Gasteiger partial charge in [-0.1, -0.05) is 41.4 Å². The maximum absolute atomic E-state index is 14.0. The zero-order valence-electron chi connectivity index (χ0n) is 10.8. The normalized spacial score (nSPS) is 21.3. The monoisotopic (exact) mass is 324 g/mol. The van der Waals surface area contributed by atoms with Gasteiger partial charge in [0.2, 0.25) is 5.91 Å². The molecule has 3 rings (SSSR count). The molecule has 21 heavy (non-hydrogen) atoms. The van der Waals surface area contributed by atoms with Gasteiger partial charge in [-0.25, -0.2) is 4.39 Å². The van der Waals surface area contributed by atoms with Gasteiger partial charge in [-0.15, -0.1) is 0 Å². The van der Waals surface area contributed by atoms with Crippen LogP contribution in [0.2, 0.25) is 10.0 Å². The molecule has 1 heterocycles. The maximum atomic E-state index is 14.0. The van der Waals surface area contributed by atoms with Crippen molar-refractivity contribution in [2.24, 2.45) is 5.73 Å². The van der Waals surface area contributed by atoms with Crippen LogP contribution in [0.3, 0.4) is 0 Å². The molecule has 0 aliphatic carbocycles. The van der Waals surface area contributed by atoms with Crippen LogP contribution in [0.15, 0.2) is 42.5 Å². The number of benzene rings is 2. The first-order valence-corrected chi connectivity index (χ1v) is 7.04. The Balaban J connectivity index is 2.02. The van der Waals surface area contributed by atoms with Gasteiger partial charge in [0.15, 0.2) is 0 Å². The Morgan fingerprint density at radius 1 is 1.10 bits per heavy atom. The highest BCUT2D eigenvalue weighted by atomic mass is 35.5. The molecule has 3 nitrogen and oxygen atoms in total. The summed E-state index contributed by atoms with van der Waals surface area (Å²) in [6.07, 6.45) is 0. The fourth-order valence-electron chi connectivity index (χ4n) is 2.48. The van der Waals surface area contributed by atoms with Crippen molar-refractivity contribution in [1.29, 1.82) is 0 Å². The molecule has 1 amide bonds. The van der Waals surface area contributed by atoms with Gasteiger partial charge >= 0.3 is 0 Å². The molecular formula is C15H11Cl2FN2O. The second kappa shape index (κ2) is 5.30. The van der Waals surface area contributed by atoms with Gasteiger partial charge in [-0.05, 0) is 24.3 Å². The van der Waals surface area contributed by atoms with Crippen molar-refractivity contribution in [1.82, 2.24) is 0 Å². The second-order valence-electron chi connectivity index (χ2n) is 4.80. The quantitative estimate of drug-likeness (QED) is 0.859. The summed E-state index contributed by atoms with van der Waals surface area (Å²) in [6, 6.07) is 9.78. The second-order valence-corrected chi connectivity index (χ2v) is 5.61. The molecule has 1 saturated heterocycles. The van der Waals surface area contributed by atoms with Gasteiger partial charge in [-0.3, -0.25) is 4.79 Å². The largest absolute Gasteiger partial charge is 0.318 e. The molecule has 0 saturated carbocycles. The Morgan fingerprint density at radius 2 is 1.81 bits per heavy atom. The van der Waals surface area contributed by atoms with Crippen LogP contribution >= 0.6 is 23.2 Å². The van der Waals surface area contributed by atoms with Gasteiger partial charge in [-0.2, -0.15) is 0 Å². The summed E-state index contributed by atoms with van der Waals surface area (Å²) >= 11 is 11.8. The van der Waals surface area contributed by atoms with Gasteiger partial charge in [0.25, 0.3) is 0 Å². The molecule has 2 atom stereocenters. The Kier molecular flexibility index (Phi) is 3.61. The van der Waals surface area contributed by atoms with Crippen molar-refractivity contribution in [3.63, 3.8) is 0 Å². The SMILES string of the molecule is N[C@H]1C(=O)N(c2ccc(Cl)c(Cl)c2)[C@@H]1c1ccccc1F. The lowest BCUT2D eigenvalue weighted by atomic mass is 9.88. The molecule has 2 N–H and O–H groups in total.